The van der Waals surface area contributed by atoms with Crippen LogP contribution in [-0.4, -0.2) is 37.1 Å². The maximum Gasteiger partial charge on any atom is 0.0167 e. The van der Waals surface area contributed by atoms with Gasteiger partial charge in [-0.2, -0.15) is 0 Å². The average Bonchev–Trinajstić information content (AvgIpc) is 2.39. The van der Waals surface area contributed by atoms with E-state index in [9.17, 15) is 0 Å². The van der Waals surface area contributed by atoms with Crippen molar-refractivity contribution in [1.82, 2.24) is 10.2 Å². The summed E-state index contributed by atoms with van der Waals surface area (Å²) in [5.41, 5.74) is 0. The van der Waals surface area contributed by atoms with Crippen molar-refractivity contribution in [3.05, 3.63) is 12.2 Å². The fourth-order valence-electron chi connectivity index (χ4n) is 1.22. The highest BCUT2D eigenvalue weighted by Gasteiger charge is 2.04. The van der Waals surface area contributed by atoms with Crippen molar-refractivity contribution in [2.24, 2.45) is 0 Å². The molecule has 0 amide bonds. The molecule has 0 aliphatic carbocycles. The van der Waals surface area contributed by atoms with Gasteiger partial charge in [0.1, 0.15) is 0 Å². The van der Waals surface area contributed by atoms with E-state index in [4.69, 9.17) is 0 Å². The number of rotatable bonds is 4. The Morgan fingerprint density at radius 3 is 2.55 bits per heavy atom. The molecule has 1 N–H and O–H groups in total. The third-order valence-electron chi connectivity index (χ3n) is 1.87. The molecule has 1 rings (SSSR count). The van der Waals surface area contributed by atoms with E-state index in [1.165, 1.54) is 6.54 Å². The van der Waals surface area contributed by atoms with Gasteiger partial charge in [0.15, 0.2) is 0 Å². The largest absolute Gasteiger partial charge is 0.313 e. The molecule has 0 aromatic carbocycles. The molecular weight excluding hydrogens is 136 g/mol. The van der Waals surface area contributed by atoms with E-state index in [2.05, 4.69) is 36.2 Å². The Morgan fingerprint density at radius 1 is 1.36 bits per heavy atom. The first kappa shape index (κ1) is 8.75. The lowest BCUT2D eigenvalue weighted by Gasteiger charge is -2.15. The molecule has 0 aromatic heterocycles. The number of hydrogen-bond donors (Lipinski definition) is 1. The molecule has 0 atom stereocenters. The predicted molar refractivity (Wildman–Crippen MR) is 48.7 cm³/mol. The zero-order chi connectivity index (χ0) is 8.10. The van der Waals surface area contributed by atoms with Crippen molar-refractivity contribution in [3.8, 4) is 0 Å². The van der Waals surface area contributed by atoms with Crippen LogP contribution in [0.3, 0.4) is 0 Å². The lowest BCUT2D eigenvalue weighted by Crippen LogP contribution is -2.33. The predicted octanol–water partition coefficient (Wildman–Crippen LogP) is 0.856. The summed E-state index contributed by atoms with van der Waals surface area (Å²) in [5, 5.41) is 3.40. The Labute approximate surface area is 69.3 Å². The lowest BCUT2D eigenvalue weighted by atomic mass is 10.4. The average molecular weight is 154 g/mol. The molecule has 64 valence electrons. The summed E-state index contributed by atoms with van der Waals surface area (Å²) < 4.78 is 0. The van der Waals surface area contributed by atoms with E-state index in [0.29, 0.717) is 6.04 Å². The summed E-state index contributed by atoms with van der Waals surface area (Å²) in [4.78, 5) is 2.43. The number of nitrogens with zero attached hydrogens (tertiary/aromatic N) is 1. The fraction of sp³-hybridized carbons (Fsp3) is 0.778. The van der Waals surface area contributed by atoms with Crippen molar-refractivity contribution in [1.29, 1.82) is 0 Å². The van der Waals surface area contributed by atoms with Crippen LogP contribution in [0, 0.1) is 0 Å². The van der Waals surface area contributed by atoms with Crippen LogP contribution in [0.1, 0.15) is 13.8 Å². The maximum atomic E-state index is 3.40. The quantitative estimate of drug-likeness (QED) is 0.604. The van der Waals surface area contributed by atoms with Gasteiger partial charge in [-0.15, -0.1) is 0 Å². The molecule has 11 heavy (non-hydrogen) atoms. The minimum Gasteiger partial charge on any atom is -0.313 e. The Hall–Kier alpha value is -0.340. The maximum absolute atomic E-state index is 3.40. The van der Waals surface area contributed by atoms with Crippen LogP contribution in [0.15, 0.2) is 12.2 Å². The van der Waals surface area contributed by atoms with Gasteiger partial charge in [-0.1, -0.05) is 26.0 Å². The standard InChI is InChI=1S/C9H18N2/c1-9(2)10-5-8-11-6-3-4-7-11/h3-4,9-10H,5-8H2,1-2H3. The molecule has 0 radical (unpaired) electrons. The molecule has 2 heteroatoms. The topological polar surface area (TPSA) is 15.3 Å². The third kappa shape index (κ3) is 3.54. The molecule has 1 aliphatic rings. The first-order chi connectivity index (χ1) is 5.29. The van der Waals surface area contributed by atoms with Gasteiger partial charge in [-0.3, -0.25) is 4.90 Å². The van der Waals surface area contributed by atoms with Gasteiger partial charge in [-0.25, -0.2) is 0 Å². The molecule has 0 aromatic rings. The minimum absolute atomic E-state index is 0.616. The Bertz CT molecular complexity index is 122. The molecular formula is C9H18N2. The molecule has 1 heterocycles. The van der Waals surface area contributed by atoms with E-state index in [1.54, 1.807) is 0 Å². The van der Waals surface area contributed by atoms with Gasteiger partial charge in [0.05, 0.1) is 0 Å². The van der Waals surface area contributed by atoms with Gasteiger partial charge in [0, 0.05) is 32.2 Å². The van der Waals surface area contributed by atoms with E-state index >= 15 is 0 Å². The second-order valence-corrected chi connectivity index (χ2v) is 3.34. The zero-order valence-corrected chi connectivity index (χ0v) is 7.51. The zero-order valence-electron chi connectivity index (χ0n) is 7.51. The Morgan fingerprint density at radius 2 is 2.00 bits per heavy atom. The van der Waals surface area contributed by atoms with Crippen LogP contribution in [0.25, 0.3) is 0 Å². The molecule has 0 saturated heterocycles. The molecule has 1 aliphatic heterocycles. The molecule has 0 spiro atoms. The fourth-order valence-corrected chi connectivity index (χ4v) is 1.22. The minimum atomic E-state index is 0.616. The van der Waals surface area contributed by atoms with Crippen LogP contribution in [0.4, 0.5) is 0 Å². The SMILES string of the molecule is CC(C)NCCN1CC=CC1. The van der Waals surface area contributed by atoms with Crippen molar-refractivity contribution in [3.63, 3.8) is 0 Å². The van der Waals surface area contributed by atoms with Crippen LogP contribution in [0.5, 0.6) is 0 Å². The van der Waals surface area contributed by atoms with Crippen molar-refractivity contribution < 1.29 is 0 Å². The number of hydrogen-bond acceptors (Lipinski definition) is 2. The highest BCUT2D eigenvalue weighted by Crippen LogP contribution is 1.96. The van der Waals surface area contributed by atoms with Crippen LogP contribution in [-0.2, 0) is 0 Å². The van der Waals surface area contributed by atoms with Gasteiger partial charge in [-0.05, 0) is 0 Å². The molecule has 0 saturated carbocycles. The summed E-state index contributed by atoms with van der Waals surface area (Å²) in [6.07, 6.45) is 4.46. The van der Waals surface area contributed by atoms with Crippen LogP contribution in [0.2, 0.25) is 0 Å². The van der Waals surface area contributed by atoms with Crippen molar-refractivity contribution in [2.45, 2.75) is 19.9 Å². The van der Waals surface area contributed by atoms with Gasteiger partial charge in [0.2, 0.25) is 0 Å². The number of nitrogens with one attached hydrogen (secondary N) is 1. The summed E-state index contributed by atoms with van der Waals surface area (Å²) >= 11 is 0. The van der Waals surface area contributed by atoms with E-state index < -0.39 is 0 Å². The Balaban J connectivity index is 1.95. The second kappa shape index (κ2) is 4.52. The van der Waals surface area contributed by atoms with Crippen LogP contribution >= 0.6 is 0 Å². The van der Waals surface area contributed by atoms with Gasteiger partial charge < -0.3 is 5.32 Å². The van der Waals surface area contributed by atoms with Gasteiger partial charge in [0.25, 0.3) is 0 Å². The molecule has 0 bridgehead atoms. The molecule has 2 nitrogen and oxygen atoms in total. The summed E-state index contributed by atoms with van der Waals surface area (Å²) in [6.45, 7) is 8.93. The monoisotopic (exact) mass is 154 g/mol. The van der Waals surface area contributed by atoms with Crippen molar-refractivity contribution >= 4 is 0 Å². The Kier molecular flexibility index (Phi) is 3.60. The van der Waals surface area contributed by atoms with E-state index in [0.717, 1.165) is 19.6 Å². The van der Waals surface area contributed by atoms with E-state index in [-0.39, 0.29) is 0 Å². The highest BCUT2D eigenvalue weighted by molar-refractivity contribution is 4.95. The smallest absolute Gasteiger partial charge is 0.0167 e. The van der Waals surface area contributed by atoms with Crippen LogP contribution < -0.4 is 5.32 Å². The summed E-state index contributed by atoms with van der Waals surface area (Å²) in [6, 6.07) is 0.616. The summed E-state index contributed by atoms with van der Waals surface area (Å²) in [7, 11) is 0. The second-order valence-electron chi connectivity index (χ2n) is 3.34. The van der Waals surface area contributed by atoms with Gasteiger partial charge >= 0.3 is 0 Å². The van der Waals surface area contributed by atoms with E-state index in [1.807, 2.05) is 0 Å². The first-order valence-electron chi connectivity index (χ1n) is 4.40. The first-order valence-corrected chi connectivity index (χ1v) is 4.40. The molecule has 0 fully saturated rings. The summed E-state index contributed by atoms with van der Waals surface area (Å²) in [5.74, 6) is 0. The third-order valence-corrected chi connectivity index (χ3v) is 1.87. The normalized spacial score (nSPS) is 18.5. The lowest BCUT2D eigenvalue weighted by molar-refractivity contribution is 0.343. The van der Waals surface area contributed by atoms with Crippen molar-refractivity contribution in [2.75, 3.05) is 26.2 Å². The molecule has 0 unspecified atom stereocenters. The highest BCUT2D eigenvalue weighted by atomic mass is 15.1.